The van der Waals surface area contributed by atoms with Crippen molar-refractivity contribution < 1.29 is 111 Å². The van der Waals surface area contributed by atoms with Gasteiger partial charge in [0.2, 0.25) is 0 Å². The highest BCUT2D eigenvalue weighted by atomic mass is 19.3. The largest absolute Gasteiger partial charge is 0.394 e. The first-order chi connectivity index (χ1) is 22.8. The molecule has 4 rings (SSSR count). The molecule has 0 radical (unpaired) electrons. The SMILES string of the molecule is CC(OCCO)OC12C(F)(F)C3(OC(C)OCCO)C(F)(F)C(OC(C)OCCO)(C1(F)F)C(F)(F)C(OC(C)OCCO)(C2(F)F)C3(F)F. The molecule has 4 N–H and O–H groups in total. The highest BCUT2D eigenvalue weighted by Gasteiger charge is 3.23. The van der Waals surface area contributed by atoms with E-state index in [2.05, 4.69) is 37.9 Å². The zero-order valence-corrected chi connectivity index (χ0v) is 26.6. The van der Waals surface area contributed by atoms with Crippen molar-refractivity contribution in [3.8, 4) is 0 Å². The lowest BCUT2D eigenvalue weighted by atomic mass is 9.38. The zero-order chi connectivity index (χ0) is 38.6. The minimum absolute atomic E-state index is 0.284. The van der Waals surface area contributed by atoms with Gasteiger partial charge in [0.25, 0.3) is 22.4 Å². The Morgan fingerprint density at radius 2 is 0.480 bits per heavy atom. The monoisotopic (exact) mass is 768 g/mol. The molecule has 4 aliphatic rings. The summed E-state index contributed by atoms with van der Waals surface area (Å²) in [6, 6.07) is 0. The molecule has 4 fully saturated rings. The first-order valence-electron chi connectivity index (χ1n) is 14.7. The van der Waals surface area contributed by atoms with Crippen LogP contribution in [0.2, 0.25) is 0 Å². The highest BCUT2D eigenvalue weighted by Crippen LogP contribution is 2.88. The van der Waals surface area contributed by atoms with Gasteiger partial charge < -0.3 is 58.3 Å². The topological polar surface area (TPSA) is 155 Å². The van der Waals surface area contributed by atoms with Crippen LogP contribution in [0, 0.1) is 0 Å². The molecule has 4 aliphatic carbocycles. The summed E-state index contributed by atoms with van der Waals surface area (Å²) in [6.07, 6.45) is -11.8. The lowest BCUT2D eigenvalue weighted by Crippen LogP contribution is -3.13. The minimum atomic E-state index is -7.21. The van der Waals surface area contributed by atoms with Crippen LogP contribution in [-0.4, -0.2) is 156 Å². The van der Waals surface area contributed by atoms with Gasteiger partial charge >= 0.3 is 35.5 Å². The molecule has 4 saturated carbocycles. The van der Waals surface area contributed by atoms with Crippen molar-refractivity contribution in [3.63, 3.8) is 0 Å². The second-order valence-corrected chi connectivity index (χ2v) is 11.3. The second kappa shape index (κ2) is 13.8. The number of hydrogen-bond acceptors (Lipinski definition) is 12. The van der Waals surface area contributed by atoms with E-state index < -0.39 is 136 Å². The van der Waals surface area contributed by atoms with Crippen LogP contribution in [0.25, 0.3) is 0 Å². The molecular formula is C26H36F12O12. The maximum atomic E-state index is 17.0. The van der Waals surface area contributed by atoms with Crippen LogP contribution >= 0.6 is 0 Å². The van der Waals surface area contributed by atoms with E-state index in [-0.39, 0.29) is 27.7 Å². The third-order valence-electron chi connectivity index (χ3n) is 8.45. The van der Waals surface area contributed by atoms with E-state index in [0.717, 1.165) is 0 Å². The van der Waals surface area contributed by atoms with Crippen LogP contribution in [0.1, 0.15) is 27.7 Å². The Morgan fingerprint density at radius 3 is 0.600 bits per heavy atom. The van der Waals surface area contributed by atoms with E-state index in [9.17, 15) is 0 Å². The van der Waals surface area contributed by atoms with Crippen LogP contribution in [-0.2, 0) is 37.9 Å². The Kier molecular flexibility index (Phi) is 11.9. The quantitative estimate of drug-likeness (QED) is 0.106. The van der Waals surface area contributed by atoms with E-state index in [1.807, 2.05) is 0 Å². The molecule has 0 aliphatic heterocycles. The van der Waals surface area contributed by atoms with Gasteiger partial charge in [-0.3, -0.25) is 0 Å². The van der Waals surface area contributed by atoms with Gasteiger partial charge in [-0.2, -0.15) is 52.7 Å². The number of alkyl halides is 12. The van der Waals surface area contributed by atoms with Crippen LogP contribution in [0.4, 0.5) is 52.7 Å². The fraction of sp³-hybridized carbons (Fsp3) is 1.00. The minimum Gasteiger partial charge on any atom is -0.394 e. The van der Waals surface area contributed by atoms with E-state index in [1.165, 1.54) is 0 Å². The van der Waals surface area contributed by atoms with Crippen LogP contribution in [0.3, 0.4) is 0 Å². The molecule has 12 nitrogen and oxygen atoms in total. The van der Waals surface area contributed by atoms with Crippen molar-refractivity contribution in [2.75, 3.05) is 52.9 Å². The summed E-state index contributed by atoms with van der Waals surface area (Å²) in [7, 11) is 0. The summed E-state index contributed by atoms with van der Waals surface area (Å²) in [5.74, 6) is -43.3. The fourth-order valence-electron chi connectivity index (χ4n) is 6.75. The number of rotatable bonds is 20. The van der Waals surface area contributed by atoms with Gasteiger partial charge in [-0.1, -0.05) is 0 Å². The van der Waals surface area contributed by atoms with Gasteiger partial charge in [-0.15, -0.1) is 0 Å². The number of ether oxygens (including phenoxy) is 8. The van der Waals surface area contributed by atoms with Crippen LogP contribution < -0.4 is 0 Å². The molecule has 4 unspecified atom stereocenters. The Hall–Kier alpha value is -1.32. The Balaban J connectivity index is 2.70. The lowest BCUT2D eigenvalue weighted by Gasteiger charge is -2.79. The molecule has 296 valence electrons. The normalized spacial score (nSPS) is 36.2. The summed E-state index contributed by atoms with van der Waals surface area (Å²) < 4.78 is 239. The first-order valence-corrected chi connectivity index (χ1v) is 14.7. The highest BCUT2D eigenvalue weighted by molar-refractivity contribution is 5.55. The predicted molar refractivity (Wildman–Crippen MR) is 135 cm³/mol. The van der Waals surface area contributed by atoms with E-state index in [4.69, 9.17) is 20.4 Å². The molecule has 0 amide bonds. The van der Waals surface area contributed by atoms with Crippen molar-refractivity contribution in [2.24, 2.45) is 0 Å². The number of aliphatic hydroxyl groups is 4. The average molecular weight is 769 g/mol. The Labute approximate surface area is 275 Å². The van der Waals surface area contributed by atoms with Crippen molar-refractivity contribution in [1.29, 1.82) is 0 Å². The van der Waals surface area contributed by atoms with Crippen LogP contribution in [0.5, 0.6) is 0 Å². The number of hydrogen-bond donors (Lipinski definition) is 4. The molecule has 0 aromatic rings. The molecule has 4 atom stereocenters. The molecule has 0 aromatic heterocycles. The summed E-state index contributed by atoms with van der Waals surface area (Å²) >= 11 is 0. The summed E-state index contributed by atoms with van der Waals surface area (Å²) in [4.78, 5) is 0. The number of aliphatic hydroxyl groups excluding tert-OH is 4. The van der Waals surface area contributed by atoms with Crippen molar-refractivity contribution in [1.82, 2.24) is 0 Å². The van der Waals surface area contributed by atoms with E-state index in [1.54, 1.807) is 0 Å². The standard InChI is InChI=1S/C26H36F12O12/c1-13(43-9-5-39)47-17-21(27,28)18(48-14(2)44-10-6-40)24(33,34)19(22(17,29)30,49-15(3)45-11-7-41)26(37,38)20(23(17,31)32,25(18,35)36)50-16(4)46-12-8-42/h13-16,39-42H,5-12H2,1-4H3. The Bertz CT molecular complexity index is 928. The van der Waals surface area contributed by atoms with Gasteiger partial charge in [0.15, 0.2) is 25.2 Å². The van der Waals surface area contributed by atoms with E-state index in [0.29, 0.717) is 0 Å². The predicted octanol–water partition coefficient (Wildman–Crippen LogP) is 2.28. The summed E-state index contributed by atoms with van der Waals surface area (Å²) in [5.41, 5.74) is -26.5. The average Bonchev–Trinajstić information content (AvgIpc) is 3.00. The molecule has 0 saturated heterocycles. The van der Waals surface area contributed by atoms with Crippen molar-refractivity contribution >= 4 is 0 Å². The van der Waals surface area contributed by atoms with Gasteiger partial charge in [0.1, 0.15) is 0 Å². The third-order valence-corrected chi connectivity index (χ3v) is 8.45. The third kappa shape index (κ3) is 4.78. The second-order valence-electron chi connectivity index (χ2n) is 11.3. The molecule has 50 heavy (non-hydrogen) atoms. The van der Waals surface area contributed by atoms with Gasteiger partial charge in [0.05, 0.1) is 52.9 Å². The maximum Gasteiger partial charge on any atom is 0.329 e. The first kappa shape index (κ1) is 43.1. The van der Waals surface area contributed by atoms with Crippen LogP contribution in [0.15, 0.2) is 0 Å². The molecule has 0 spiro atoms. The Morgan fingerprint density at radius 1 is 0.340 bits per heavy atom. The molecule has 0 heterocycles. The summed E-state index contributed by atoms with van der Waals surface area (Å²) in [5, 5.41) is 36.1. The smallest absolute Gasteiger partial charge is 0.329 e. The van der Waals surface area contributed by atoms with Gasteiger partial charge in [-0.25, -0.2) is 0 Å². The van der Waals surface area contributed by atoms with Gasteiger partial charge in [-0.05, 0) is 27.7 Å². The molecule has 4 bridgehead atoms. The van der Waals surface area contributed by atoms with E-state index >= 15 is 52.7 Å². The van der Waals surface area contributed by atoms with Gasteiger partial charge in [0, 0.05) is 0 Å². The maximum absolute atomic E-state index is 17.0. The fourth-order valence-corrected chi connectivity index (χ4v) is 6.75. The number of halogens is 12. The molecule has 0 aromatic carbocycles. The lowest BCUT2D eigenvalue weighted by molar-refractivity contribution is -0.663. The zero-order valence-electron chi connectivity index (χ0n) is 26.6. The molecule has 24 heteroatoms. The van der Waals surface area contributed by atoms with Crippen molar-refractivity contribution in [2.45, 2.75) is 111 Å². The summed E-state index contributed by atoms with van der Waals surface area (Å²) in [6.45, 7) is -7.63. The molecular weight excluding hydrogens is 732 g/mol. The van der Waals surface area contributed by atoms with Crippen molar-refractivity contribution in [3.05, 3.63) is 0 Å².